The predicted octanol–water partition coefficient (Wildman–Crippen LogP) is 3.64. The molecule has 3 atom stereocenters. The van der Waals surface area contributed by atoms with Crippen molar-refractivity contribution in [3.8, 4) is 0 Å². The monoisotopic (exact) mass is 311 g/mol. The van der Waals surface area contributed by atoms with Crippen LogP contribution in [0.15, 0.2) is 30.5 Å². The summed E-state index contributed by atoms with van der Waals surface area (Å²) in [6.45, 7) is 3.97. The number of carbonyl (C=O) groups is 1. The maximum absolute atomic E-state index is 12.8. The molecule has 2 heterocycles. The van der Waals surface area contributed by atoms with Gasteiger partial charge in [-0.05, 0) is 31.2 Å². The molecular weight excluding hydrogens is 286 g/mol. The lowest BCUT2D eigenvalue weighted by Crippen LogP contribution is -2.36. The molecule has 4 nitrogen and oxygen atoms in total. The maximum atomic E-state index is 12.8. The van der Waals surface area contributed by atoms with E-state index in [0.29, 0.717) is 17.9 Å². The van der Waals surface area contributed by atoms with Crippen LogP contribution in [-0.2, 0) is 4.79 Å². The predicted molar refractivity (Wildman–Crippen MR) is 91.1 cm³/mol. The molecule has 1 saturated heterocycles. The Balaban J connectivity index is 1.47. The Morgan fingerprint density at radius 3 is 2.96 bits per heavy atom. The molecule has 1 amide bonds. The van der Waals surface area contributed by atoms with Crippen LogP contribution in [0.1, 0.15) is 45.1 Å². The smallest absolute Gasteiger partial charge is 0.225 e. The Hall–Kier alpha value is -1.84. The summed E-state index contributed by atoms with van der Waals surface area (Å²) in [5, 5.41) is 5.75. The molecule has 2 aliphatic rings. The first-order valence-electron chi connectivity index (χ1n) is 8.93. The summed E-state index contributed by atoms with van der Waals surface area (Å²) in [4.78, 5) is 14.9. The highest BCUT2D eigenvalue weighted by atomic mass is 16.2. The Labute approximate surface area is 137 Å². The zero-order valence-corrected chi connectivity index (χ0v) is 13.8. The normalized spacial score (nSPS) is 28.4. The first-order valence-corrected chi connectivity index (χ1v) is 8.93. The van der Waals surface area contributed by atoms with Gasteiger partial charge in [0.1, 0.15) is 0 Å². The molecule has 1 aliphatic heterocycles. The van der Waals surface area contributed by atoms with Gasteiger partial charge in [0.25, 0.3) is 0 Å². The maximum Gasteiger partial charge on any atom is 0.225 e. The Morgan fingerprint density at radius 2 is 2.09 bits per heavy atom. The van der Waals surface area contributed by atoms with Crippen molar-refractivity contribution in [2.45, 2.75) is 45.1 Å². The molecule has 0 spiro atoms. The van der Waals surface area contributed by atoms with E-state index in [-0.39, 0.29) is 5.92 Å². The lowest BCUT2D eigenvalue weighted by Gasteiger charge is -2.29. The topological polar surface area (TPSA) is 38.1 Å². The lowest BCUT2D eigenvalue weighted by atomic mass is 9.82. The minimum atomic E-state index is 0.256. The summed E-state index contributed by atoms with van der Waals surface area (Å²) in [7, 11) is 0. The highest BCUT2D eigenvalue weighted by Crippen LogP contribution is 2.32. The highest BCUT2D eigenvalue weighted by molar-refractivity contribution is 5.80. The summed E-state index contributed by atoms with van der Waals surface area (Å²) in [6.07, 6.45) is 7.59. The van der Waals surface area contributed by atoms with E-state index >= 15 is 0 Å². The van der Waals surface area contributed by atoms with Crippen LogP contribution in [0.3, 0.4) is 0 Å². The van der Waals surface area contributed by atoms with Gasteiger partial charge < -0.3 is 4.90 Å². The number of aromatic nitrogens is 2. The third-order valence-corrected chi connectivity index (χ3v) is 5.61. The number of para-hydroxylation sites is 1. The van der Waals surface area contributed by atoms with Gasteiger partial charge in [0.05, 0.1) is 17.8 Å². The van der Waals surface area contributed by atoms with E-state index in [9.17, 15) is 4.79 Å². The second-order valence-corrected chi connectivity index (χ2v) is 7.34. The molecule has 0 N–H and O–H groups in total. The van der Waals surface area contributed by atoms with E-state index < -0.39 is 0 Å². The van der Waals surface area contributed by atoms with Crippen molar-refractivity contribution in [1.29, 1.82) is 0 Å². The first-order chi connectivity index (χ1) is 11.2. The summed E-state index contributed by atoms with van der Waals surface area (Å²) in [6, 6.07) is 8.64. The van der Waals surface area contributed by atoms with Gasteiger partial charge in [0, 0.05) is 24.4 Å². The Bertz CT molecular complexity index is 707. The molecule has 1 aliphatic carbocycles. The van der Waals surface area contributed by atoms with Gasteiger partial charge in [0.2, 0.25) is 5.91 Å². The van der Waals surface area contributed by atoms with Crippen molar-refractivity contribution in [2.75, 3.05) is 13.1 Å². The molecule has 2 aromatic rings. The zero-order valence-electron chi connectivity index (χ0n) is 13.8. The van der Waals surface area contributed by atoms with Crippen LogP contribution in [0.2, 0.25) is 0 Å². The molecule has 0 unspecified atom stereocenters. The van der Waals surface area contributed by atoms with E-state index in [1.54, 1.807) is 0 Å². The van der Waals surface area contributed by atoms with Crippen molar-refractivity contribution in [2.24, 2.45) is 11.8 Å². The largest absolute Gasteiger partial charge is 0.340 e. The molecule has 1 aromatic heterocycles. The molecule has 1 saturated carbocycles. The third kappa shape index (κ3) is 2.75. The van der Waals surface area contributed by atoms with Gasteiger partial charge in [-0.25, -0.2) is 0 Å². The second-order valence-electron chi connectivity index (χ2n) is 7.34. The van der Waals surface area contributed by atoms with Crippen molar-refractivity contribution < 1.29 is 4.79 Å². The molecule has 23 heavy (non-hydrogen) atoms. The number of hydrogen-bond donors (Lipinski definition) is 0. The average Bonchev–Trinajstić information content (AvgIpc) is 3.20. The minimum Gasteiger partial charge on any atom is -0.340 e. The van der Waals surface area contributed by atoms with Crippen molar-refractivity contribution >= 4 is 16.8 Å². The van der Waals surface area contributed by atoms with Gasteiger partial charge in [-0.1, -0.05) is 38.0 Å². The summed E-state index contributed by atoms with van der Waals surface area (Å²) in [5.41, 5.74) is 1.18. The third-order valence-electron chi connectivity index (χ3n) is 5.61. The molecular formula is C19H25N3O. The van der Waals surface area contributed by atoms with Crippen LogP contribution in [-0.4, -0.2) is 33.7 Å². The number of nitrogens with zero attached hydrogens (tertiary/aromatic N) is 3. The number of likely N-dealkylation sites (tertiary alicyclic amines) is 1. The van der Waals surface area contributed by atoms with Crippen LogP contribution in [0.25, 0.3) is 10.9 Å². The fourth-order valence-electron chi connectivity index (χ4n) is 4.34. The quantitative estimate of drug-likeness (QED) is 0.849. The number of benzene rings is 1. The van der Waals surface area contributed by atoms with Crippen molar-refractivity contribution in [3.63, 3.8) is 0 Å². The number of rotatable bonds is 2. The number of hydrogen-bond acceptors (Lipinski definition) is 2. The first kappa shape index (κ1) is 14.7. The number of fused-ring (bicyclic) bond motifs is 1. The van der Waals surface area contributed by atoms with E-state index in [2.05, 4.69) is 39.8 Å². The fourth-order valence-corrected chi connectivity index (χ4v) is 4.34. The SMILES string of the molecule is C[C@@H]1CCC[C@H](C(=O)N2CC[C@@H](n3ncc4ccccc43)C2)C1. The highest BCUT2D eigenvalue weighted by Gasteiger charge is 2.34. The number of carbonyl (C=O) groups excluding carboxylic acids is 1. The van der Waals surface area contributed by atoms with Gasteiger partial charge in [-0.3, -0.25) is 9.48 Å². The van der Waals surface area contributed by atoms with E-state index in [1.165, 1.54) is 23.7 Å². The van der Waals surface area contributed by atoms with E-state index in [4.69, 9.17) is 0 Å². The average molecular weight is 311 g/mol. The number of amides is 1. The summed E-state index contributed by atoms with van der Waals surface area (Å²) < 4.78 is 2.12. The van der Waals surface area contributed by atoms with Crippen LogP contribution in [0.5, 0.6) is 0 Å². The zero-order chi connectivity index (χ0) is 15.8. The van der Waals surface area contributed by atoms with Crippen LogP contribution in [0, 0.1) is 11.8 Å². The van der Waals surface area contributed by atoms with Gasteiger partial charge in [-0.15, -0.1) is 0 Å². The van der Waals surface area contributed by atoms with E-state index in [0.717, 1.165) is 32.4 Å². The van der Waals surface area contributed by atoms with Gasteiger partial charge in [-0.2, -0.15) is 5.10 Å². The van der Waals surface area contributed by atoms with Gasteiger partial charge in [0.15, 0.2) is 0 Å². The second kappa shape index (κ2) is 5.99. The van der Waals surface area contributed by atoms with Crippen LogP contribution < -0.4 is 0 Å². The van der Waals surface area contributed by atoms with Gasteiger partial charge >= 0.3 is 0 Å². The fraction of sp³-hybridized carbons (Fsp3) is 0.579. The lowest BCUT2D eigenvalue weighted by molar-refractivity contribution is -0.136. The molecule has 122 valence electrons. The Morgan fingerprint density at radius 1 is 1.22 bits per heavy atom. The summed E-state index contributed by atoms with van der Waals surface area (Å²) in [5.74, 6) is 1.34. The molecule has 0 bridgehead atoms. The molecule has 1 aromatic carbocycles. The van der Waals surface area contributed by atoms with Crippen molar-refractivity contribution in [3.05, 3.63) is 30.5 Å². The van der Waals surface area contributed by atoms with Crippen molar-refractivity contribution in [1.82, 2.24) is 14.7 Å². The van der Waals surface area contributed by atoms with E-state index in [1.807, 2.05) is 12.3 Å². The molecule has 4 heteroatoms. The Kier molecular flexibility index (Phi) is 3.83. The standard InChI is InChI=1S/C19H25N3O/c1-14-5-4-7-15(11-14)19(23)21-10-9-17(13-21)22-18-8-3-2-6-16(18)12-20-22/h2-3,6,8,12,14-15,17H,4-5,7,9-11,13H2,1H3/t14-,15+,17-/m1/s1. The summed E-state index contributed by atoms with van der Waals surface area (Å²) >= 11 is 0. The molecule has 4 rings (SSSR count). The van der Waals surface area contributed by atoms with Crippen LogP contribution >= 0.6 is 0 Å². The minimum absolute atomic E-state index is 0.256. The molecule has 2 fully saturated rings. The molecule has 0 radical (unpaired) electrons. The van der Waals surface area contributed by atoms with Crippen LogP contribution in [0.4, 0.5) is 0 Å².